The minimum atomic E-state index is -1.26. The van der Waals surface area contributed by atoms with Crippen LogP contribution in [0.3, 0.4) is 0 Å². The first-order valence-corrected chi connectivity index (χ1v) is 13.4. The van der Waals surface area contributed by atoms with Crippen molar-refractivity contribution in [2.45, 2.75) is 141 Å². The first kappa shape index (κ1) is 28.2. The molecule has 0 saturated carbocycles. The summed E-state index contributed by atoms with van der Waals surface area (Å²) in [5, 5.41) is 23.3. The van der Waals surface area contributed by atoms with Crippen LogP contribution in [0.5, 0.6) is 0 Å². The highest BCUT2D eigenvalue weighted by Gasteiger charge is 2.40. The van der Waals surface area contributed by atoms with Crippen molar-refractivity contribution >= 4 is 5.91 Å². The predicted octanol–water partition coefficient (Wildman–Crippen LogP) is 6.59. The number of carbonyl (C=O) groups is 1. The fourth-order valence-electron chi connectivity index (χ4n) is 4.38. The van der Waals surface area contributed by atoms with Crippen LogP contribution in [0.4, 0.5) is 0 Å². The highest BCUT2D eigenvalue weighted by Crippen LogP contribution is 2.42. The van der Waals surface area contributed by atoms with Crippen molar-refractivity contribution in [3.63, 3.8) is 0 Å². The Morgan fingerprint density at radius 2 is 1.29 bits per heavy atom. The van der Waals surface area contributed by atoms with Crippen molar-refractivity contribution in [1.82, 2.24) is 5.32 Å². The third-order valence-electron chi connectivity index (χ3n) is 6.68. The van der Waals surface area contributed by atoms with Gasteiger partial charge in [0.05, 0.1) is 13.2 Å². The molecule has 31 heavy (non-hydrogen) atoms. The molecule has 0 aromatic heterocycles. The summed E-state index contributed by atoms with van der Waals surface area (Å²) in [5.74, 6) is -0.0171. The van der Waals surface area contributed by atoms with Crippen molar-refractivity contribution in [2.75, 3.05) is 13.2 Å². The fourth-order valence-corrected chi connectivity index (χ4v) is 4.38. The Hall–Kier alpha value is -0.870. The number of hydrogen-bond acceptors (Lipinski definition) is 3. The monoisotopic (exact) mass is 437 g/mol. The summed E-state index contributed by atoms with van der Waals surface area (Å²) in [4.78, 5) is 12.0. The van der Waals surface area contributed by atoms with Crippen LogP contribution in [-0.4, -0.2) is 34.9 Å². The third-order valence-corrected chi connectivity index (χ3v) is 6.68. The molecular formula is C27H51NO3. The Labute approximate surface area is 192 Å². The zero-order valence-corrected chi connectivity index (χ0v) is 20.7. The van der Waals surface area contributed by atoms with Crippen LogP contribution in [0.15, 0.2) is 11.1 Å². The molecule has 4 nitrogen and oxygen atoms in total. The van der Waals surface area contributed by atoms with Crippen molar-refractivity contribution in [1.29, 1.82) is 0 Å². The number of hydrogen-bond donors (Lipinski definition) is 3. The standard InChI is InChI=1S/C27H51NO3/c1-3-5-7-9-10-11-12-13-14-16-17-19-24-21-25(24)27(31,23-29)22-28-26(30)20-18-15-8-6-4-2/h29,31H,3-23H2,1-2H3,(H,28,30)/t27-/m1/s1. The molecule has 0 unspecified atom stereocenters. The lowest BCUT2D eigenvalue weighted by atomic mass is 10.0. The van der Waals surface area contributed by atoms with Gasteiger partial charge in [-0.2, -0.15) is 0 Å². The summed E-state index contributed by atoms with van der Waals surface area (Å²) in [7, 11) is 0. The molecule has 4 heteroatoms. The van der Waals surface area contributed by atoms with Gasteiger partial charge < -0.3 is 15.5 Å². The fraction of sp³-hybridized carbons (Fsp3) is 0.889. The zero-order valence-electron chi connectivity index (χ0n) is 20.7. The van der Waals surface area contributed by atoms with Gasteiger partial charge in [-0.15, -0.1) is 0 Å². The molecule has 0 bridgehead atoms. The molecule has 0 fully saturated rings. The van der Waals surface area contributed by atoms with E-state index in [1.807, 2.05) is 0 Å². The molecule has 0 spiro atoms. The molecule has 0 aromatic carbocycles. The van der Waals surface area contributed by atoms with E-state index >= 15 is 0 Å². The van der Waals surface area contributed by atoms with Crippen molar-refractivity contribution < 1.29 is 15.0 Å². The summed E-state index contributed by atoms with van der Waals surface area (Å²) in [5.41, 5.74) is 0.997. The molecule has 1 atom stereocenters. The molecule has 0 radical (unpaired) electrons. The first-order valence-electron chi connectivity index (χ1n) is 13.4. The van der Waals surface area contributed by atoms with Gasteiger partial charge in [0.1, 0.15) is 5.60 Å². The first-order chi connectivity index (χ1) is 15.1. The number of nitrogens with one attached hydrogen (secondary N) is 1. The molecule has 1 amide bonds. The maximum absolute atomic E-state index is 12.0. The molecular weight excluding hydrogens is 386 g/mol. The van der Waals surface area contributed by atoms with Gasteiger partial charge in [0.15, 0.2) is 0 Å². The number of carbonyl (C=O) groups excluding carboxylic acids is 1. The Kier molecular flexibility index (Phi) is 16.0. The second-order valence-corrected chi connectivity index (χ2v) is 9.68. The number of allylic oxidation sites excluding steroid dienone is 1. The molecule has 1 aliphatic rings. The van der Waals surface area contributed by atoms with Gasteiger partial charge >= 0.3 is 0 Å². The van der Waals surface area contributed by atoms with Gasteiger partial charge in [0.25, 0.3) is 0 Å². The number of rotatable bonds is 22. The SMILES string of the molecule is CCCCCCCCCCCCCC1=C([C@](O)(CO)CNC(=O)CCCCCCC)C1. The summed E-state index contributed by atoms with van der Waals surface area (Å²) in [6.45, 7) is 4.26. The van der Waals surface area contributed by atoms with Crippen LogP contribution in [0.1, 0.15) is 136 Å². The van der Waals surface area contributed by atoms with E-state index in [-0.39, 0.29) is 19.1 Å². The molecule has 1 aliphatic carbocycles. The summed E-state index contributed by atoms with van der Waals surface area (Å²) in [6.07, 6.45) is 22.6. The van der Waals surface area contributed by atoms with E-state index in [2.05, 4.69) is 19.2 Å². The van der Waals surface area contributed by atoms with E-state index in [9.17, 15) is 15.0 Å². The Morgan fingerprint density at radius 1 is 0.806 bits per heavy atom. The second kappa shape index (κ2) is 17.7. The van der Waals surface area contributed by atoms with E-state index in [1.165, 1.54) is 95.5 Å². The van der Waals surface area contributed by atoms with Crippen LogP contribution >= 0.6 is 0 Å². The van der Waals surface area contributed by atoms with Crippen molar-refractivity contribution in [2.24, 2.45) is 0 Å². The summed E-state index contributed by atoms with van der Waals surface area (Å²) in [6, 6.07) is 0. The highest BCUT2D eigenvalue weighted by molar-refractivity contribution is 5.76. The summed E-state index contributed by atoms with van der Waals surface area (Å²) < 4.78 is 0. The van der Waals surface area contributed by atoms with Gasteiger partial charge in [-0.25, -0.2) is 0 Å². The van der Waals surface area contributed by atoms with E-state index in [0.29, 0.717) is 6.42 Å². The smallest absolute Gasteiger partial charge is 0.220 e. The summed E-state index contributed by atoms with van der Waals surface area (Å²) >= 11 is 0. The number of aliphatic hydroxyl groups excluding tert-OH is 1. The molecule has 182 valence electrons. The second-order valence-electron chi connectivity index (χ2n) is 9.68. The zero-order chi connectivity index (χ0) is 22.8. The lowest BCUT2D eigenvalue weighted by molar-refractivity contribution is -0.122. The lowest BCUT2D eigenvalue weighted by Crippen LogP contribution is -2.45. The van der Waals surface area contributed by atoms with Crippen molar-refractivity contribution in [3.8, 4) is 0 Å². The van der Waals surface area contributed by atoms with Gasteiger partial charge in [-0.1, -0.05) is 109 Å². The van der Waals surface area contributed by atoms with Gasteiger partial charge in [-0.05, 0) is 31.3 Å². The van der Waals surface area contributed by atoms with E-state index in [1.54, 1.807) is 0 Å². The topological polar surface area (TPSA) is 69.6 Å². The Bertz CT molecular complexity index is 503. The number of aliphatic hydroxyl groups is 2. The Morgan fingerprint density at radius 3 is 1.81 bits per heavy atom. The molecule has 0 aromatic rings. The molecule has 3 N–H and O–H groups in total. The van der Waals surface area contributed by atoms with E-state index in [0.717, 1.165) is 31.3 Å². The van der Waals surface area contributed by atoms with Gasteiger partial charge in [0, 0.05) is 6.42 Å². The van der Waals surface area contributed by atoms with Crippen LogP contribution in [-0.2, 0) is 4.79 Å². The quantitative estimate of drug-likeness (QED) is 0.132. The van der Waals surface area contributed by atoms with Crippen molar-refractivity contribution in [3.05, 3.63) is 11.1 Å². The minimum absolute atomic E-state index is 0.0171. The Balaban J connectivity index is 2.10. The van der Waals surface area contributed by atoms with Gasteiger partial charge in [-0.3, -0.25) is 4.79 Å². The predicted molar refractivity (Wildman–Crippen MR) is 131 cm³/mol. The average Bonchev–Trinajstić information content (AvgIpc) is 3.56. The van der Waals surface area contributed by atoms with E-state index < -0.39 is 5.60 Å². The molecule has 0 saturated heterocycles. The van der Waals surface area contributed by atoms with Gasteiger partial charge in [0.2, 0.25) is 5.91 Å². The normalized spacial score (nSPS) is 15.2. The molecule has 1 rings (SSSR count). The van der Waals surface area contributed by atoms with Crippen LogP contribution in [0.2, 0.25) is 0 Å². The highest BCUT2D eigenvalue weighted by atomic mass is 16.3. The van der Waals surface area contributed by atoms with E-state index in [4.69, 9.17) is 0 Å². The number of amides is 1. The molecule has 0 heterocycles. The maximum Gasteiger partial charge on any atom is 0.220 e. The van der Waals surface area contributed by atoms with Crippen LogP contribution in [0, 0.1) is 0 Å². The largest absolute Gasteiger partial charge is 0.393 e. The molecule has 0 aliphatic heterocycles. The maximum atomic E-state index is 12.0. The third kappa shape index (κ3) is 13.3. The number of unbranched alkanes of at least 4 members (excludes halogenated alkanes) is 14. The average molecular weight is 438 g/mol. The van der Waals surface area contributed by atoms with Crippen LogP contribution in [0.25, 0.3) is 0 Å². The minimum Gasteiger partial charge on any atom is -0.393 e. The van der Waals surface area contributed by atoms with Crippen LogP contribution < -0.4 is 5.32 Å². The lowest BCUT2D eigenvalue weighted by Gasteiger charge is -2.24.